The number of benzene rings is 1. The monoisotopic (exact) mass is 299 g/mol. The Morgan fingerprint density at radius 2 is 2.25 bits per heavy atom. The van der Waals surface area contributed by atoms with Crippen molar-refractivity contribution in [1.29, 1.82) is 0 Å². The summed E-state index contributed by atoms with van der Waals surface area (Å²) in [7, 11) is 0. The van der Waals surface area contributed by atoms with Gasteiger partial charge >= 0.3 is 0 Å². The molecule has 0 fully saturated rings. The summed E-state index contributed by atoms with van der Waals surface area (Å²) in [5, 5.41) is 0.693. The number of rotatable bonds is 2. The first kappa shape index (κ1) is 11.6. The molecule has 1 aromatic carbocycles. The second kappa shape index (κ2) is 4.57. The Kier molecular flexibility index (Phi) is 3.33. The molecular weight excluding hydrogens is 289 g/mol. The highest BCUT2D eigenvalue weighted by Crippen LogP contribution is 2.26. The van der Waals surface area contributed by atoms with Crippen LogP contribution in [0.1, 0.15) is 18.7 Å². The Morgan fingerprint density at radius 3 is 2.88 bits per heavy atom. The molecule has 1 heterocycles. The normalized spacial score (nSPS) is 12.8. The second-order valence-electron chi connectivity index (χ2n) is 3.57. The first-order valence-electron chi connectivity index (χ1n) is 4.83. The van der Waals surface area contributed by atoms with Crippen molar-refractivity contribution >= 4 is 27.5 Å². The first-order valence-corrected chi connectivity index (χ1v) is 6.00. The Morgan fingerprint density at radius 1 is 1.50 bits per heavy atom. The molecular formula is C11H11BrClN3. The zero-order valence-electron chi connectivity index (χ0n) is 8.69. The fourth-order valence-electron chi connectivity index (χ4n) is 1.52. The molecule has 0 spiro atoms. The van der Waals surface area contributed by atoms with Crippen LogP contribution in [0.25, 0.3) is 5.69 Å². The molecule has 1 atom stereocenters. The maximum atomic E-state index is 5.90. The van der Waals surface area contributed by atoms with Crippen molar-refractivity contribution in [2.75, 3.05) is 0 Å². The summed E-state index contributed by atoms with van der Waals surface area (Å²) in [6.07, 6.45) is 3.51. The molecule has 0 saturated heterocycles. The van der Waals surface area contributed by atoms with Crippen molar-refractivity contribution in [3.8, 4) is 5.69 Å². The van der Waals surface area contributed by atoms with E-state index in [0.717, 1.165) is 15.9 Å². The smallest absolute Gasteiger partial charge is 0.0995 e. The van der Waals surface area contributed by atoms with Crippen molar-refractivity contribution in [3.05, 3.63) is 45.9 Å². The molecule has 2 rings (SSSR count). The third-order valence-corrected chi connectivity index (χ3v) is 3.17. The molecule has 0 saturated carbocycles. The van der Waals surface area contributed by atoms with E-state index in [0.29, 0.717) is 5.02 Å². The molecule has 0 aliphatic rings. The molecule has 3 nitrogen and oxygen atoms in total. The fraction of sp³-hybridized carbons (Fsp3) is 0.182. The van der Waals surface area contributed by atoms with Gasteiger partial charge in [0, 0.05) is 15.5 Å². The SMILES string of the molecule is CC(N)c1cncn1-c1ccc(Cl)cc1Br. The van der Waals surface area contributed by atoms with E-state index >= 15 is 0 Å². The molecule has 0 radical (unpaired) electrons. The van der Waals surface area contributed by atoms with Gasteiger partial charge in [-0.3, -0.25) is 0 Å². The lowest BCUT2D eigenvalue weighted by atomic mass is 10.2. The number of hydrogen-bond acceptors (Lipinski definition) is 2. The third-order valence-electron chi connectivity index (χ3n) is 2.30. The van der Waals surface area contributed by atoms with Crippen LogP contribution in [0.2, 0.25) is 5.02 Å². The van der Waals surface area contributed by atoms with Gasteiger partial charge in [-0.05, 0) is 41.1 Å². The van der Waals surface area contributed by atoms with E-state index in [1.54, 1.807) is 12.5 Å². The highest BCUT2D eigenvalue weighted by Gasteiger charge is 2.10. The zero-order chi connectivity index (χ0) is 11.7. The van der Waals surface area contributed by atoms with Crippen molar-refractivity contribution in [1.82, 2.24) is 9.55 Å². The Balaban J connectivity index is 2.54. The lowest BCUT2D eigenvalue weighted by molar-refractivity contribution is 0.751. The summed E-state index contributed by atoms with van der Waals surface area (Å²) in [5.41, 5.74) is 7.82. The van der Waals surface area contributed by atoms with Crippen LogP contribution in [0.3, 0.4) is 0 Å². The molecule has 84 valence electrons. The predicted octanol–water partition coefficient (Wildman–Crippen LogP) is 3.31. The highest BCUT2D eigenvalue weighted by molar-refractivity contribution is 9.10. The predicted molar refractivity (Wildman–Crippen MR) is 68.9 cm³/mol. The van der Waals surface area contributed by atoms with E-state index in [2.05, 4.69) is 20.9 Å². The minimum atomic E-state index is -0.0647. The standard InChI is InChI=1S/C11H11BrClN3/c1-7(14)11-5-15-6-16(11)10-3-2-8(13)4-9(10)12/h2-7H,14H2,1H3. The summed E-state index contributed by atoms with van der Waals surface area (Å²) >= 11 is 9.38. The number of imidazole rings is 1. The van der Waals surface area contributed by atoms with Crippen molar-refractivity contribution in [3.63, 3.8) is 0 Å². The Labute approximate surface area is 107 Å². The summed E-state index contributed by atoms with van der Waals surface area (Å²) < 4.78 is 2.87. The van der Waals surface area contributed by atoms with E-state index in [9.17, 15) is 0 Å². The van der Waals surface area contributed by atoms with Crippen LogP contribution >= 0.6 is 27.5 Å². The molecule has 5 heteroatoms. The average Bonchev–Trinajstić information content (AvgIpc) is 2.66. The van der Waals surface area contributed by atoms with Crippen LogP contribution in [0.4, 0.5) is 0 Å². The van der Waals surface area contributed by atoms with Crippen LogP contribution in [0.15, 0.2) is 35.2 Å². The van der Waals surface area contributed by atoms with Gasteiger partial charge < -0.3 is 10.3 Å². The van der Waals surface area contributed by atoms with E-state index < -0.39 is 0 Å². The summed E-state index contributed by atoms with van der Waals surface area (Å²) in [6, 6.07) is 5.55. The number of hydrogen-bond donors (Lipinski definition) is 1. The maximum absolute atomic E-state index is 5.90. The third kappa shape index (κ3) is 2.14. The highest BCUT2D eigenvalue weighted by atomic mass is 79.9. The Hall–Kier alpha value is -0.840. The molecule has 0 amide bonds. The molecule has 16 heavy (non-hydrogen) atoms. The lowest BCUT2D eigenvalue weighted by Gasteiger charge is -2.12. The van der Waals surface area contributed by atoms with Crippen molar-refractivity contribution in [2.45, 2.75) is 13.0 Å². The average molecular weight is 301 g/mol. The minimum Gasteiger partial charge on any atom is -0.323 e. The van der Waals surface area contributed by atoms with Crippen LogP contribution in [-0.4, -0.2) is 9.55 Å². The Bertz CT molecular complexity index is 508. The van der Waals surface area contributed by atoms with Crippen LogP contribution in [0.5, 0.6) is 0 Å². The fourth-order valence-corrected chi connectivity index (χ4v) is 2.39. The van der Waals surface area contributed by atoms with Crippen molar-refractivity contribution in [2.24, 2.45) is 5.73 Å². The molecule has 1 unspecified atom stereocenters. The van der Waals surface area contributed by atoms with Gasteiger partial charge in [-0.25, -0.2) is 4.98 Å². The number of aromatic nitrogens is 2. The number of halogens is 2. The molecule has 0 aliphatic carbocycles. The molecule has 2 aromatic rings. The van der Waals surface area contributed by atoms with Gasteiger partial charge in [0.25, 0.3) is 0 Å². The van der Waals surface area contributed by atoms with E-state index in [1.807, 2.05) is 29.7 Å². The van der Waals surface area contributed by atoms with Gasteiger partial charge in [-0.2, -0.15) is 0 Å². The summed E-state index contributed by atoms with van der Waals surface area (Å²) in [6.45, 7) is 1.93. The lowest BCUT2D eigenvalue weighted by Crippen LogP contribution is -2.10. The molecule has 0 bridgehead atoms. The van der Waals surface area contributed by atoms with Crippen LogP contribution in [-0.2, 0) is 0 Å². The van der Waals surface area contributed by atoms with Gasteiger partial charge in [-0.1, -0.05) is 11.6 Å². The summed E-state index contributed by atoms with van der Waals surface area (Å²) in [5.74, 6) is 0. The molecule has 1 aromatic heterocycles. The van der Waals surface area contributed by atoms with E-state index in [-0.39, 0.29) is 6.04 Å². The first-order chi connectivity index (χ1) is 7.59. The van der Waals surface area contributed by atoms with Gasteiger partial charge in [0.15, 0.2) is 0 Å². The minimum absolute atomic E-state index is 0.0647. The van der Waals surface area contributed by atoms with E-state index in [1.165, 1.54) is 0 Å². The zero-order valence-corrected chi connectivity index (χ0v) is 11.0. The quantitative estimate of drug-likeness (QED) is 0.924. The van der Waals surface area contributed by atoms with Crippen LogP contribution < -0.4 is 5.73 Å². The van der Waals surface area contributed by atoms with Gasteiger partial charge in [0.1, 0.15) is 0 Å². The van der Waals surface area contributed by atoms with Gasteiger partial charge in [0.2, 0.25) is 0 Å². The van der Waals surface area contributed by atoms with Gasteiger partial charge in [0.05, 0.1) is 23.9 Å². The van der Waals surface area contributed by atoms with E-state index in [4.69, 9.17) is 17.3 Å². The second-order valence-corrected chi connectivity index (χ2v) is 4.86. The maximum Gasteiger partial charge on any atom is 0.0995 e. The number of nitrogens with two attached hydrogens (primary N) is 1. The topological polar surface area (TPSA) is 43.8 Å². The summed E-state index contributed by atoms with van der Waals surface area (Å²) in [4.78, 5) is 4.11. The van der Waals surface area contributed by atoms with Crippen molar-refractivity contribution < 1.29 is 0 Å². The number of nitrogens with zero attached hydrogens (tertiary/aromatic N) is 2. The molecule has 2 N–H and O–H groups in total. The van der Waals surface area contributed by atoms with Crippen LogP contribution in [0, 0.1) is 0 Å². The molecule has 0 aliphatic heterocycles. The largest absolute Gasteiger partial charge is 0.323 e. The van der Waals surface area contributed by atoms with Gasteiger partial charge in [-0.15, -0.1) is 0 Å².